The number of aliphatic hydroxyl groups is 2. The van der Waals surface area contributed by atoms with Crippen LogP contribution in [0.4, 0.5) is 5.69 Å². The first-order chi connectivity index (χ1) is 19.2. The highest BCUT2D eigenvalue weighted by Gasteiger charge is 2.73. The second-order valence-electron chi connectivity index (χ2n) is 11.9. The van der Waals surface area contributed by atoms with Crippen LogP contribution in [0.3, 0.4) is 0 Å². The molecule has 2 bridgehead atoms. The van der Waals surface area contributed by atoms with Crippen LogP contribution in [0.5, 0.6) is 11.5 Å². The first-order valence-electron chi connectivity index (χ1n) is 14.2. The summed E-state index contributed by atoms with van der Waals surface area (Å²) in [6.45, 7) is 3.73. The van der Waals surface area contributed by atoms with Gasteiger partial charge in [-0.3, -0.25) is 14.5 Å². The van der Waals surface area contributed by atoms with E-state index >= 15 is 0 Å². The molecule has 2 fully saturated rings. The lowest BCUT2D eigenvalue weighted by molar-refractivity contribution is -0.172. The van der Waals surface area contributed by atoms with E-state index in [0.29, 0.717) is 36.8 Å². The fraction of sp³-hybridized carbons (Fsp3) is 0.484. The molecule has 0 unspecified atom stereocenters. The molecule has 1 saturated heterocycles. The maximum absolute atomic E-state index is 13.6. The number of aromatic hydroxyl groups is 1. The van der Waals surface area contributed by atoms with Crippen LogP contribution in [-0.4, -0.2) is 69.5 Å². The van der Waals surface area contributed by atoms with Gasteiger partial charge < -0.3 is 30.1 Å². The van der Waals surface area contributed by atoms with E-state index in [4.69, 9.17) is 9.47 Å². The molecule has 9 heteroatoms. The molecule has 1 amide bonds. The third-order valence-corrected chi connectivity index (χ3v) is 9.66. The molecule has 1 saturated carbocycles. The molecule has 0 aromatic heterocycles. The van der Waals surface area contributed by atoms with Crippen molar-refractivity contribution >= 4 is 17.6 Å². The summed E-state index contributed by atoms with van der Waals surface area (Å²) in [5.41, 5.74) is 0.847. The zero-order chi connectivity index (χ0) is 27.8. The molecule has 40 heavy (non-hydrogen) atoms. The van der Waals surface area contributed by atoms with Gasteiger partial charge in [0, 0.05) is 30.3 Å². The zero-order valence-electron chi connectivity index (χ0n) is 22.5. The van der Waals surface area contributed by atoms with Gasteiger partial charge in [-0.15, -0.1) is 0 Å². The van der Waals surface area contributed by atoms with Crippen LogP contribution >= 0.6 is 0 Å². The van der Waals surface area contributed by atoms with Crippen molar-refractivity contribution in [3.8, 4) is 11.5 Å². The SMILES string of the molecule is CCOC(=O)Cc1ccc(NC(=O)C2=C(O)[C@@H]3Oc4c(O)ccc5c4[C@@]34CCN(CC3CC3)[C@H](C5)[C@]4(O)C2)cc1. The van der Waals surface area contributed by atoms with Gasteiger partial charge in [0.2, 0.25) is 0 Å². The van der Waals surface area contributed by atoms with Crippen LogP contribution in [-0.2, 0) is 32.6 Å². The fourth-order valence-electron chi connectivity index (χ4n) is 7.66. The summed E-state index contributed by atoms with van der Waals surface area (Å²) >= 11 is 0. The fourth-order valence-corrected chi connectivity index (χ4v) is 7.66. The smallest absolute Gasteiger partial charge is 0.310 e. The van der Waals surface area contributed by atoms with Gasteiger partial charge in [-0.2, -0.15) is 0 Å². The second-order valence-corrected chi connectivity index (χ2v) is 11.9. The van der Waals surface area contributed by atoms with Gasteiger partial charge in [-0.25, -0.2) is 0 Å². The Labute approximate surface area is 232 Å². The minimum atomic E-state index is -1.36. The van der Waals surface area contributed by atoms with E-state index in [1.165, 1.54) is 12.8 Å². The number of ether oxygens (including phenoxy) is 2. The van der Waals surface area contributed by atoms with E-state index in [1.807, 2.05) is 6.07 Å². The molecule has 2 aromatic carbocycles. The van der Waals surface area contributed by atoms with Gasteiger partial charge >= 0.3 is 5.97 Å². The summed E-state index contributed by atoms with van der Waals surface area (Å²) < 4.78 is 11.3. The largest absolute Gasteiger partial charge is 0.508 e. The first-order valence-corrected chi connectivity index (χ1v) is 14.2. The number of piperidine rings is 1. The number of carbonyl (C=O) groups is 2. The van der Waals surface area contributed by atoms with E-state index in [-0.39, 0.29) is 41.9 Å². The predicted octanol–water partition coefficient (Wildman–Crippen LogP) is 3.12. The number of carbonyl (C=O) groups excluding carboxylic acids is 2. The van der Waals surface area contributed by atoms with Gasteiger partial charge in [0.15, 0.2) is 17.6 Å². The van der Waals surface area contributed by atoms with Gasteiger partial charge in [-0.1, -0.05) is 18.2 Å². The Morgan fingerprint density at radius 1 is 1.15 bits per heavy atom. The number of aliphatic hydroxyl groups excluding tert-OH is 1. The zero-order valence-corrected chi connectivity index (χ0v) is 22.5. The van der Waals surface area contributed by atoms with Crippen LogP contribution < -0.4 is 10.1 Å². The Bertz CT molecular complexity index is 1430. The summed E-state index contributed by atoms with van der Waals surface area (Å²) in [7, 11) is 0. The van der Waals surface area contributed by atoms with Gasteiger partial charge in [-0.05, 0) is 74.4 Å². The van der Waals surface area contributed by atoms with Crippen molar-refractivity contribution in [3.63, 3.8) is 0 Å². The molecular weight excluding hydrogens is 512 g/mol. The summed E-state index contributed by atoms with van der Waals surface area (Å²) in [6.07, 6.45) is 2.68. The lowest BCUT2D eigenvalue weighted by Crippen LogP contribution is -2.75. The minimum absolute atomic E-state index is 0.0220. The number of amides is 1. The highest BCUT2D eigenvalue weighted by Crippen LogP contribution is 2.66. The van der Waals surface area contributed by atoms with Crippen LogP contribution in [0.2, 0.25) is 0 Å². The lowest BCUT2D eigenvalue weighted by Gasteiger charge is -2.62. The number of benzene rings is 2. The molecule has 0 radical (unpaired) electrons. The monoisotopic (exact) mass is 546 g/mol. The van der Waals surface area contributed by atoms with Crippen LogP contribution in [0.1, 0.15) is 49.3 Å². The van der Waals surface area contributed by atoms with Crippen molar-refractivity contribution in [2.24, 2.45) is 5.92 Å². The quantitative estimate of drug-likeness (QED) is 0.390. The highest BCUT2D eigenvalue weighted by molar-refractivity contribution is 6.04. The molecule has 7 rings (SSSR count). The normalized spacial score (nSPS) is 29.9. The molecule has 1 spiro atoms. The van der Waals surface area contributed by atoms with Crippen LogP contribution in [0, 0.1) is 5.92 Å². The highest BCUT2D eigenvalue weighted by atomic mass is 16.5. The molecule has 2 aliphatic heterocycles. The van der Waals surface area contributed by atoms with E-state index < -0.39 is 23.0 Å². The van der Waals surface area contributed by atoms with Crippen molar-refractivity contribution in [2.75, 3.05) is 25.0 Å². The maximum atomic E-state index is 13.6. The Morgan fingerprint density at radius 3 is 2.65 bits per heavy atom. The van der Waals surface area contributed by atoms with Crippen molar-refractivity contribution in [3.05, 3.63) is 64.4 Å². The Balaban J connectivity index is 1.23. The number of hydrogen-bond donors (Lipinski definition) is 4. The number of likely N-dealkylation sites (tertiary alicyclic amines) is 1. The molecule has 4 N–H and O–H groups in total. The summed E-state index contributed by atoms with van der Waals surface area (Å²) in [6, 6.07) is 10.2. The van der Waals surface area contributed by atoms with E-state index in [2.05, 4.69) is 10.2 Å². The van der Waals surface area contributed by atoms with E-state index in [9.17, 15) is 24.9 Å². The number of anilines is 1. The molecular formula is C31H34N2O7. The molecule has 5 aliphatic rings. The van der Waals surface area contributed by atoms with E-state index in [1.54, 1.807) is 37.3 Å². The number of phenolic OH excluding ortho intramolecular Hbond substituents is 1. The molecule has 2 aromatic rings. The van der Waals surface area contributed by atoms with Gasteiger partial charge in [0.05, 0.1) is 29.6 Å². The molecule has 3 aliphatic carbocycles. The van der Waals surface area contributed by atoms with Crippen molar-refractivity contribution < 1.29 is 34.4 Å². The third-order valence-electron chi connectivity index (χ3n) is 9.66. The summed E-state index contributed by atoms with van der Waals surface area (Å²) in [4.78, 5) is 27.8. The molecule has 210 valence electrons. The number of esters is 1. The molecule has 2 heterocycles. The Hall–Kier alpha value is -3.56. The minimum Gasteiger partial charge on any atom is -0.508 e. The number of nitrogens with zero attached hydrogens (tertiary/aromatic N) is 1. The van der Waals surface area contributed by atoms with Gasteiger partial charge in [0.1, 0.15) is 5.76 Å². The first kappa shape index (κ1) is 25.4. The average molecular weight is 547 g/mol. The lowest BCUT2D eigenvalue weighted by atomic mass is 9.49. The average Bonchev–Trinajstić information content (AvgIpc) is 3.67. The number of hydrogen-bond acceptors (Lipinski definition) is 8. The van der Waals surface area contributed by atoms with E-state index in [0.717, 1.165) is 29.8 Å². The standard InChI is InChI=1S/C31H34N2O7/c1-2-39-24(35)13-17-5-8-20(9-6-17)32-29(37)21-15-31(38)23-14-19-7-10-22(34)27-25(19)30(31,28(40-27)26(21)36)11-12-33(23)16-18-3-4-18/h5-10,18,23,28,34,36,38H,2-4,11-16H2,1H3,(H,32,37)/t23-,28+,30+,31-/m1/s1. The summed E-state index contributed by atoms with van der Waals surface area (Å²) in [5, 5.41) is 37.8. The molecule has 9 nitrogen and oxygen atoms in total. The number of nitrogens with one attached hydrogen (secondary N) is 1. The summed E-state index contributed by atoms with van der Waals surface area (Å²) in [5.74, 6) is -0.114. The Kier molecular flexibility index (Phi) is 5.70. The number of phenols is 1. The van der Waals surface area contributed by atoms with Crippen LogP contribution in [0.15, 0.2) is 47.7 Å². The van der Waals surface area contributed by atoms with Crippen molar-refractivity contribution in [1.82, 2.24) is 4.90 Å². The Morgan fingerprint density at radius 2 is 1.93 bits per heavy atom. The van der Waals surface area contributed by atoms with Crippen molar-refractivity contribution in [2.45, 2.75) is 68.6 Å². The maximum Gasteiger partial charge on any atom is 0.310 e. The molecule has 4 atom stereocenters. The predicted molar refractivity (Wildman–Crippen MR) is 145 cm³/mol. The van der Waals surface area contributed by atoms with Crippen LogP contribution in [0.25, 0.3) is 0 Å². The number of rotatable bonds is 7. The third kappa shape index (κ3) is 3.60. The van der Waals surface area contributed by atoms with Gasteiger partial charge in [0.25, 0.3) is 5.91 Å². The second kappa shape index (κ2) is 8.97. The van der Waals surface area contributed by atoms with Crippen molar-refractivity contribution in [1.29, 1.82) is 0 Å². The topological polar surface area (TPSA) is 129 Å².